The molecule has 0 atom stereocenters. The quantitative estimate of drug-likeness (QED) is 0.273. The van der Waals surface area contributed by atoms with Crippen LogP contribution in [-0.2, 0) is 25.6 Å². The molecular formula is C19H18N4O4. The van der Waals surface area contributed by atoms with Gasteiger partial charge in [-0.1, -0.05) is 30.3 Å². The summed E-state index contributed by atoms with van der Waals surface area (Å²) in [5, 5.41) is 0. The summed E-state index contributed by atoms with van der Waals surface area (Å²) in [6.07, 6.45) is 4.09. The lowest BCUT2D eigenvalue weighted by Crippen LogP contribution is -2.14. The predicted octanol–water partition coefficient (Wildman–Crippen LogP) is 1.99. The van der Waals surface area contributed by atoms with E-state index >= 15 is 0 Å². The van der Waals surface area contributed by atoms with E-state index in [0.29, 0.717) is 23.4 Å². The van der Waals surface area contributed by atoms with Crippen LogP contribution in [0.15, 0.2) is 49.1 Å². The van der Waals surface area contributed by atoms with E-state index in [1.54, 1.807) is 13.3 Å². The van der Waals surface area contributed by atoms with Gasteiger partial charge in [0.15, 0.2) is 11.4 Å². The van der Waals surface area contributed by atoms with Gasteiger partial charge in [-0.25, -0.2) is 19.7 Å². The van der Waals surface area contributed by atoms with E-state index in [1.165, 1.54) is 6.33 Å². The van der Waals surface area contributed by atoms with Gasteiger partial charge in [-0.3, -0.25) is 4.79 Å². The van der Waals surface area contributed by atoms with Gasteiger partial charge in [0.25, 0.3) is 5.78 Å². The summed E-state index contributed by atoms with van der Waals surface area (Å²) in [5.74, 6) is -1.67. The Morgan fingerprint density at radius 2 is 1.93 bits per heavy atom. The minimum Gasteiger partial charge on any atom is -0.491 e. The number of imidazole rings is 1. The van der Waals surface area contributed by atoms with Crippen molar-refractivity contribution < 1.29 is 19.1 Å². The summed E-state index contributed by atoms with van der Waals surface area (Å²) < 4.78 is 11.8. The number of esters is 1. The van der Waals surface area contributed by atoms with Crippen molar-refractivity contribution in [3.05, 3.63) is 60.3 Å². The fourth-order valence-corrected chi connectivity index (χ4v) is 2.57. The first-order valence-corrected chi connectivity index (χ1v) is 8.31. The smallest absolute Gasteiger partial charge is 0.378 e. The van der Waals surface area contributed by atoms with Gasteiger partial charge in [-0.2, -0.15) is 0 Å². The minimum absolute atomic E-state index is 0.144. The molecule has 0 spiro atoms. The molecule has 2 aromatic heterocycles. The highest BCUT2D eigenvalue weighted by Crippen LogP contribution is 2.22. The maximum Gasteiger partial charge on any atom is 0.378 e. The van der Waals surface area contributed by atoms with Crippen LogP contribution in [0.2, 0.25) is 0 Å². The number of methoxy groups -OCH3 is 1. The number of hydrogen-bond acceptors (Lipinski definition) is 7. The third kappa shape index (κ3) is 4.00. The molecule has 0 unspecified atom stereocenters. The molecule has 138 valence electrons. The van der Waals surface area contributed by atoms with Gasteiger partial charge >= 0.3 is 5.97 Å². The van der Waals surface area contributed by atoms with E-state index in [2.05, 4.69) is 19.7 Å². The maximum absolute atomic E-state index is 11.9. The summed E-state index contributed by atoms with van der Waals surface area (Å²) in [4.78, 5) is 36.2. The van der Waals surface area contributed by atoms with Gasteiger partial charge in [0.1, 0.15) is 17.5 Å². The molecule has 8 heteroatoms. The van der Waals surface area contributed by atoms with Crippen molar-refractivity contribution in [2.75, 3.05) is 13.7 Å². The average molecular weight is 366 g/mol. The van der Waals surface area contributed by atoms with Crippen molar-refractivity contribution in [2.45, 2.75) is 13.5 Å². The number of benzene rings is 1. The molecule has 3 aromatic rings. The zero-order valence-corrected chi connectivity index (χ0v) is 15.0. The van der Waals surface area contributed by atoms with Crippen LogP contribution in [0.5, 0.6) is 0 Å². The fourth-order valence-electron chi connectivity index (χ4n) is 2.57. The Kier molecular flexibility index (Phi) is 5.55. The molecule has 0 fully saturated rings. The van der Waals surface area contributed by atoms with Gasteiger partial charge in [-0.15, -0.1) is 0 Å². The van der Waals surface area contributed by atoms with Crippen molar-refractivity contribution in [3.63, 3.8) is 0 Å². The van der Waals surface area contributed by atoms with Crippen LogP contribution < -0.4 is 0 Å². The van der Waals surface area contributed by atoms with Crippen molar-refractivity contribution >= 4 is 28.7 Å². The highest BCUT2D eigenvalue weighted by atomic mass is 16.5. The topological polar surface area (TPSA) is 96.2 Å². The molecule has 1 aromatic carbocycles. The van der Waals surface area contributed by atoms with E-state index in [4.69, 9.17) is 4.74 Å². The van der Waals surface area contributed by atoms with Crippen LogP contribution in [0.1, 0.15) is 18.2 Å². The molecule has 0 aliphatic carbocycles. The molecule has 0 radical (unpaired) electrons. The molecule has 8 nitrogen and oxygen atoms in total. The van der Waals surface area contributed by atoms with Crippen molar-refractivity contribution in [1.82, 2.24) is 19.5 Å². The van der Waals surface area contributed by atoms with Crippen LogP contribution in [-0.4, -0.2) is 45.0 Å². The van der Waals surface area contributed by atoms with Crippen molar-refractivity contribution in [3.8, 4) is 0 Å². The van der Waals surface area contributed by atoms with E-state index in [1.807, 2.05) is 34.9 Å². The van der Waals surface area contributed by atoms with Gasteiger partial charge in [-0.05, 0) is 12.5 Å². The van der Waals surface area contributed by atoms with Crippen LogP contribution >= 0.6 is 0 Å². The lowest BCUT2D eigenvalue weighted by atomic mass is 10.2. The zero-order chi connectivity index (χ0) is 19.2. The van der Waals surface area contributed by atoms with E-state index in [0.717, 1.165) is 18.7 Å². The zero-order valence-electron chi connectivity index (χ0n) is 15.0. The second-order valence-corrected chi connectivity index (χ2v) is 5.55. The predicted molar refractivity (Wildman–Crippen MR) is 97.5 cm³/mol. The Labute approximate surface area is 155 Å². The SMILES string of the molecule is CCOC(=CC(=O)C(=O)OC)c1ncnc2c1ncn2Cc1ccccc1. The number of carbonyl (C=O) groups excluding carboxylic acids is 2. The number of nitrogens with zero attached hydrogens (tertiary/aromatic N) is 4. The largest absolute Gasteiger partial charge is 0.491 e. The molecule has 0 bridgehead atoms. The summed E-state index contributed by atoms with van der Waals surface area (Å²) in [6, 6.07) is 9.89. The first-order chi connectivity index (χ1) is 13.1. The Bertz CT molecular complexity index is 995. The number of ether oxygens (including phenoxy) is 2. The third-order valence-electron chi connectivity index (χ3n) is 3.78. The second-order valence-electron chi connectivity index (χ2n) is 5.55. The fraction of sp³-hybridized carbons (Fsp3) is 0.211. The van der Waals surface area contributed by atoms with E-state index in [9.17, 15) is 9.59 Å². The molecule has 0 N–H and O–H groups in total. The average Bonchev–Trinajstić information content (AvgIpc) is 3.10. The normalized spacial score (nSPS) is 11.4. The van der Waals surface area contributed by atoms with Crippen LogP contribution in [0, 0.1) is 0 Å². The number of fused-ring (bicyclic) bond motifs is 1. The molecule has 0 saturated heterocycles. The van der Waals surface area contributed by atoms with Crippen molar-refractivity contribution in [2.24, 2.45) is 0 Å². The number of rotatable bonds is 7. The van der Waals surface area contributed by atoms with Crippen molar-refractivity contribution in [1.29, 1.82) is 0 Å². The Hall–Kier alpha value is -3.55. The standard InChI is InChI=1S/C19H18N4O4/c1-3-27-15(9-14(24)19(25)26-2)16-17-18(21-11-20-16)23(12-22-17)10-13-7-5-4-6-8-13/h4-9,11-12H,3,10H2,1-2H3. The number of ketones is 1. The summed E-state index contributed by atoms with van der Waals surface area (Å²) in [6.45, 7) is 2.64. The first kappa shape index (κ1) is 18.2. The maximum atomic E-state index is 11.9. The second kappa shape index (κ2) is 8.22. The highest BCUT2D eigenvalue weighted by molar-refractivity contribution is 6.39. The number of carbonyl (C=O) groups is 2. The van der Waals surface area contributed by atoms with Crippen LogP contribution in [0.4, 0.5) is 0 Å². The molecule has 27 heavy (non-hydrogen) atoms. The summed E-state index contributed by atoms with van der Waals surface area (Å²) in [5.41, 5.74) is 2.51. The van der Waals surface area contributed by atoms with E-state index in [-0.39, 0.29) is 12.4 Å². The number of hydrogen-bond donors (Lipinski definition) is 0. The van der Waals surface area contributed by atoms with Gasteiger partial charge in [0, 0.05) is 6.08 Å². The minimum atomic E-state index is -0.980. The molecule has 0 amide bonds. The molecule has 2 heterocycles. The Morgan fingerprint density at radius 3 is 2.63 bits per heavy atom. The lowest BCUT2D eigenvalue weighted by Gasteiger charge is -2.08. The first-order valence-electron chi connectivity index (χ1n) is 8.31. The van der Waals surface area contributed by atoms with Gasteiger partial charge < -0.3 is 14.0 Å². The van der Waals surface area contributed by atoms with Crippen LogP contribution in [0.3, 0.4) is 0 Å². The lowest BCUT2D eigenvalue weighted by molar-refractivity contribution is -0.149. The molecule has 0 aliphatic rings. The van der Waals surface area contributed by atoms with Gasteiger partial charge in [0.2, 0.25) is 0 Å². The molecular weight excluding hydrogens is 348 g/mol. The summed E-state index contributed by atoms with van der Waals surface area (Å²) in [7, 11) is 1.14. The Balaban J connectivity index is 2.02. The number of aromatic nitrogens is 4. The molecule has 0 saturated carbocycles. The van der Waals surface area contributed by atoms with Gasteiger partial charge in [0.05, 0.1) is 26.6 Å². The summed E-state index contributed by atoms with van der Waals surface area (Å²) >= 11 is 0. The molecule has 0 aliphatic heterocycles. The third-order valence-corrected chi connectivity index (χ3v) is 3.78. The van der Waals surface area contributed by atoms with E-state index < -0.39 is 11.8 Å². The molecule has 3 rings (SSSR count). The van der Waals surface area contributed by atoms with Crippen LogP contribution in [0.25, 0.3) is 16.9 Å². The highest BCUT2D eigenvalue weighted by Gasteiger charge is 2.19. The monoisotopic (exact) mass is 366 g/mol. The Morgan fingerprint density at radius 1 is 1.15 bits per heavy atom.